The zero-order valence-corrected chi connectivity index (χ0v) is 12.4. The van der Waals surface area contributed by atoms with Crippen LogP contribution >= 0.6 is 0 Å². The molecule has 0 bridgehead atoms. The molecule has 2 atom stereocenters. The minimum atomic E-state index is 0.246. The van der Waals surface area contributed by atoms with Gasteiger partial charge in [0.2, 0.25) is 0 Å². The van der Waals surface area contributed by atoms with Crippen molar-refractivity contribution < 1.29 is 0 Å². The maximum atomic E-state index is 6.11. The van der Waals surface area contributed by atoms with Crippen LogP contribution in [0.25, 0.3) is 0 Å². The van der Waals surface area contributed by atoms with Crippen molar-refractivity contribution in [2.75, 3.05) is 6.54 Å². The van der Waals surface area contributed by atoms with Crippen LogP contribution in [0.15, 0.2) is 4.99 Å². The molecule has 0 saturated heterocycles. The Hall–Kier alpha value is -0.730. The molecule has 2 N–H and O–H groups in total. The molecule has 0 amide bonds. The van der Waals surface area contributed by atoms with E-state index in [2.05, 4.69) is 37.6 Å². The van der Waals surface area contributed by atoms with E-state index in [1.165, 1.54) is 32.1 Å². The first-order valence-corrected chi connectivity index (χ1v) is 7.54. The van der Waals surface area contributed by atoms with Crippen LogP contribution in [0.5, 0.6) is 0 Å². The van der Waals surface area contributed by atoms with E-state index in [4.69, 9.17) is 5.73 Å². The van der Waals surface area contributed by atoms with E-state index >= 15 is 0 Å². The fourth-order valence-corrected chi connectivity index (χ4v) is 4.13. The second-order valence-corrected chi connectivity index (χ2v) is 6.95. The van der Waals surface area contributed by atoms with Crippen molar-refractivity contribution in [3.05, 3.63) is 0 Å². The quantitative estimate of drug-likeness (QED) is 0.838. The Morgan fingerprint density at radius 1 is 1.39 bits per heavy atom. The lowest BCUT2D eigenvalue weighted by Crippen LogP contribution is -2.56. The van der Waals surface area contributed by atoms with Gasteiger partial charge >= 0.3 is 0 Å². The highest BCUT2D eigenvalue weighted by Crippen LogP contribution is 2.42. The standard InChI is InChI=1S/C15H29N3/c1-11(2)8-13-6-5-7-15(9-13)10-17-14(16)18(15)12(3)4/h11-13H,5-10H2,1-4H3,(H2,16,17). The summed E-state index contributed by atoms with van der Waals surface area (Å²) in [6, 6.07) is 0.467. The lowest BCUT2D eigenvalue weighted by Gasteiger charge is -2.47. The van der Waals surface area contributed by atoms with Gasteiger partial charge in [0, 0.05) is 6.04 Å². The van der Waals surface area contributed by atoms with Gasteiger partial charge in [-0.25, -0.2) is 0 Å². The van der Waals surface area contributed by atoms with E-state index in [1.807, 2.05) is 0 Å². The Balaban J connectivity index is 2.11. The van der Waals surface area contributed by atoms with Gasteiger partial charge in [0.15, 0.2) is 5.96 Å². The van der Waals surface area contributed by atoms with Gasteiger partial charge < -0.3 is 10.6 Å². The molecule has 18 heavy (non-hydrogen) atoms. The van der Waals surface area contributed by atoms with Crippen molar-refractivity contribution in [3.8, 4) is 0 Å². The zero-order chi connectivity index (χ0) is 13.3. The smallest absolute Gasteiger partial charge is 0.192 e. The molecule has 1 saturated carbocycles. The normalized spacial score (nSPS) is 32.7. The summed E-state index contributed by atoms with van der Waals surface area (Å²) < 4.78 is 0. The number of hydrogen-bond donors (Lipinski definition) is 1. The second kappa shape index (κ2) is 5.10. The summed E-state index contributed by atoms with van der Waals surface area (Å²) >= 11 is 0. The van der Waals surface area contributed by atoms with Crippen molar-refractivity contribution in [1.82, 2.24) is 4.90 Å². The molecule has 1 aliphatic carbocycles. The highest BCUT2D eigenvalue weighted by molar-refractivity contribution is 5.81. The molecule has 0 aromatic rings. The summed E-state index contributed by atoms with van der Waals surface area (Å²) in [5.74, 6) is 2.44. The molecule has 0 aromatic heterocycles. The predicted octanol–water partition coefficient (Wildman–Crippen LogP) is 3.00. The molecular formula is C15H29N3. The molecule has 1 heterocycles. The Labute approximate surface area is 112 Å². The summed E-state index contributed by atoms with van der Waals surface area (Å²) in [5.41, 5.74) is 6.35. The van der Waals surface area contributed by atoms with E-state index < -0.39 is 0 Å². The van der Waals surface area contributed by atoms with E-state index in [-0.39, 0.29) is 5.54 Å². The molecule has 1 fully saturated rings. The van der Waals surface area contributed by atoms with Crippen LogP contribution in [0.3, 0.4) is 0 Å². The molecule has 0 aromatic carbocycles. The van der Waals surface area contributed by atoms with Gasteiger partial charge in [-0.3, -0.25) is 4.99 Å². The van der Waals surface area contributed by atoms with Gasteiger partial charge in [0.05, 0.1) is 12.1 Å². The van der Waals surface area contributed by atoms with E-state index in [9.17, 15) is 0 Å². The Kier molecular flexibility index (Phi) is 3.88. The van der Waals surface area contributed by atoms with Crippen LogP contribution in [-0.2, 0) is 0 Å². The molecule has 3 nitrogen and oxygen atoms in total. The minimum absolute atomic E-state index is 0.246. The highest BCUT2D eigenvalue weighted by Gasteiger charge is 2.46. The molecular weight excluding hydrogens is 222 g/mol. The number of hydrogen-bond acceptors (Lipinski definition) is 3. The number of guanidine groups is 1. The van der Waals surface area contributed by atoms with Gasteiger partial charge in [-0.05, 0) is 44.9 Å². The van der Waals surface area contributed by atoms with Crippen molar-refractivity contribution in [2.45, 2.75) is 71.4 Å². The molecule has 2 aliphatic rings. The average molecular weight is 251 g/mol. The zero-order valence-electron chi connectivity index (χ0n) is 12.4. The van der Waals surface area contributed by atoms with Crippen molar-refractivity contribution in [1.29, 1.82) is 0 Å². The van der Waals surface area contributed by atoms with E-state index in [1.54, 1.807) is 0 Å². The molecule has 1 aliphatic heterocycles. The first-order valence-electron chi connectivity index (χ1n) is 7.54. The van der Waals surface area contributed by atoms with E-state index in [0.29, 0.717) is 6.04 Å². The number of rotatable bonds is 3. The third-order valence-corrected chi connectivity index (χ3v) is 4.54. The van der Waals surface area contributed by atoms with Crippen LogP contribution in [0.1, 0.15) is 59.8 Å². The summed E-state index contributed by atoms with van der Waals surface area (Å²) in [6.45, 7) is 10.1. The minimum Gasteiger partial charge on any atom is -0.370 e. The Morgan fingerprint density at radius 3 is 2.72 bits per heavy atom. The van der Waals surface area contributed by atoms with Crippen molar-refractivity contribution in [3.63, 3.8) is 0 Å². The molecule has 1 spiro atoms. The van der Waals surface area contributed by atoms with E-state index in [0.717, 1.165) is 24.3 Å². The molecule has 2 rings (SSSR count). The predicted molar refractivity (Wildman–Crippen MR) is 77.6 cm³/mol. The van der Waals surface area contributed by atoms with Gasteiger partial charge in [-0.15, -0.1) is 0 Å². The number of nitrogens with two attached hydrogens (primary N) is 1. The lowest BCUT2D eigenvalue weighted by molar-refractivity contribution is 0.0797. The largest absolute Gasteiger partial charge is 0.370 e. The van der Waals surface area contributed by atoms with Gasteiger partial charge in [-0.2, -0.15) is 0 Å². The van der Waals surface area contributed by atoms with Gasteiger partial charge in [-0.1, -0.05) is 26.7 Å². The van der Waals surface area contributed by atoms with Crippen LogP contribution in [0.4, 0.5) is 0 Å². The Bertz CT molecular complexity index is 322. The maximum absolute atomic E-state index is 6.11. The lowest BCUT2D eigenvalue weighted by atomic mass is 9.72. The van der Waals surface area contributed by atoms with Crippen LogP contribution < -0.4 is 5.73 Å². The van der Waals surface area contributed by atoms with Crippen LogP contribution in [0, 0.1) is 11.8 Å². The molecule has 104 valence electrons. The topological polar surface area (TPSA) is 41.6 Å². The first-order chi connectivity index (χ1) is 8.44. The van der Waals surface area contributed by atoms with Gasteiger partial charge in [0.25, 0.3) is 0 Å². The van der Waals surface area contributed by atoms with Crippen LogP contribution in [0.2, 0.25) is 0 Å². The molecule has 3 heteroatoms. The monoisotopic (exact) mass is 251 g/mol. The molecule has 0 radical (unpaired) electrons. The molecule has 2 unspecified atom stereocenters. The fraction of sp³-hybridized carbons (Fsp3) is 0.933. The Morgan fingerprint density at radius 2 is 2.11 bits per heavy atom. The summed E-state index contributed by atoms with van der Waals surface area (Å²) in [5, 5.41) is 0. The number of aliphatic imine (C=N–C) groups is 1. The first kappa shape index (κ1) is 13.7. The maximum Gasteiger partial charge on any atom is 0.192 e. The highest BCUT2D eigenvalue weighted by atomic mass is 15.4. The summed E-state index contributed by atoms with van der Waals surface area (Å²) in [7, 11) is 0. The van der Waals surface area contributed by atoms with Crippen molar-refractivity contribution in [2.24, 2.45) is 22.6 Å². The second-order valence-electron chi connectivity index (χ2n) is 6.95. The third kappa shape index (κ3) is 2.50. The third-order valence-electron chi connectivity index (χ3n) is 4.54. The van der Waals surface area contributed by atoms with Gasteiger partial charge in [0.1, 0.15) is 0 Å². The summed E-state index contributed by atoms with van der Waals surface area (Å²) in [6.07, 6.45) is 6.64. The summed E-state index contributed by atoms with van der Waals surface area (Å²) in [4.78, 5) is 6.95. The SMILES string of the molecule is CC(C)CC1CCCC2(CN=C(N)N2C(C)C)C1. The fourth-order valence-electron chi connectivity index (χ4n) is 4.13. The number of nitrogens with zero attached hydrogens (tertiary/aromatic N) is 2. The van der Waals surface area contributed by atoms with Crippen molar-refractivity contribution >= 4 is 5.96 Å². The average Bonchev–Trinajstić information content (AvgIpc) is 2.54. The van der Waals surface area contributed by atoms with Crippen LogP contribution in [-0.4, -0.2) is 29.0 Å².